The summed E-state index contributed by atoms with van der Waals surface area (Å²) in [6.45, 7) is 1.32. The monoisotopic (exact) mass is 333 g/mol. The average molecular weight is 333 g/mol. The first-order chi connectivity index (χ1) is 12.3. The molecule has 0 bridgehead atoms. The van der Waals surface area contributed by atoms with Gasteiger partial charge in [0.05, 0.1) is 6.54 Å². The van der Waals surface area contributed by atoms with Gasteiger partial charge in [0.2, 0.25) is 0 Å². The van der Waals surface area contributed by atoms with Crippen LogP contribution in [0.4, 0.5) is 10.2 Å². The molecule has 0 amide bonds. The Labute approximate surface area is 144 Å². The fraction of sp³-hybridized carbons (Fsp3) is 0.105. The van der Waals surface area contributed by atoms with E-state index in [1.807, 2.05) is 35.1 Å². The van der Waals surface area contributed by atoms with Crippen molar-refractivity contribution >= 4 is 16.7 Å². The summed E-state index contributed by atoms with van der Waals surface area (Å²) in [6.07, 6.45) is 5.08. The summed E-state index contributed by atoms with van der Waals surface area (Å²) in [6, 6.07) is 15.0. The molecular weight excluding hydrogens is 317 g/mol. The molecule has 0 fully saturated rings. The number of fused-ring (bicyclic) bond motifs is 1. The van der Waals surface area contributed by atoms with Crippen molar-refractivity contribution in [3.05, 3.63) is 84.2 Å². The fourth-order valence-electron chi connectivity index (χ4n) is 2.80. The highest BCUT2D eigenvalue weighted by Gasteiger charge is 2.07. The molecule has 0 aliphatic rings. The summed E-state index contributed by atoms with van der Waals surface area (Å²) in [4.78, 5) is 8.26. The zero-order chi connectivity index (χ0) is 17.1. The van der Waals surface area contributed by atoms with Gasteiger partial charge in [0.25, 0.3) is 0 Å². The van der Waals surface area contributed by atoms with Crippen LogP contribution in [0.5, 0.6) is 0 Å². The van der Waals surface area contributed by atoms with Crippen LogP contribution in [-0.2, 0) is 13.1 Å². The Morgan fingerprint density at radius 3 is 2.76 bits per heavy atom. The third-order valence-electron chi connectivity index (χ3n) is 3.97. The third kappa shape index (κ3) is 3.33. The number of para-hydroxylation sites is 1. The number of hydrogen-bond acceptors (Lipinski definition) is 4. The van der Waals surface area contributed by atoms with Gasteiger partial charge in [0.1, 0.15) is 23.5 Å². The minimum Gasteiger partial charge on any atom is -0.365 e. The van der Waals surface area contributed by atoms with Crippen molar-refractivity contribution in [2.75, 3.05) is 5.32 Å². The summed E-state index contributed by atoms with van der Waals surface area (Å²) in [5, 5.41) is 8.18. The molecule has 25 heavy (non-hydrogen) atoms. The van der Waals surface area contributed by atoms with Crippen molar-refractivity contribution in [2.24, 2.45) is 0 Å². The second-order valence-electron chi connectivity index (χ2n) is 5.74. The molecule has 0 aliphatic carbocycles. The van der Waals surface area contributed by atoms with Crippen molar-refractivity contribution < 1.29 is 4.39 Å². The van der Waals surface area contributed by atoms with E-state index in [0.29, 0.717) is 23.3 Å². The second-order valence-corrected chi connectivity index (χ2v) is 5.74. The normalized spacial score (nSPS) is 10.9. The van der Waals surface area contributed by atoms with Crippen LogP contribution in [0.15, 0.2) is 67.3 Å². The van der Waals surface area contributed by atoms with Gasteiger partial charge < -0.3 is 5.32 Å². The van der Waals surface area contributed by atoms with Crippen molar-refractivity contribution in [2.45, 2.75) is 13.1 Å². The Morgan fingerprint density at radius 1 is 1.00 bits per heavy atom. The van der Waals surface area contributed by atoms with Gasteiger partial charge in [0.15, 0.2) is 0 Å². The predicted octanol–water partition coefficient (Wildman–Crippen LogP) is 3.63. The minimum absolute atomic E-state index is 0.326. The van der Waals surface area contributed by atoms with E-state index in [-0.39, 0.29) is 5.82 Å². The topological polar surface area (TPSA) is 55.6 Å². The molecule has 124 valence electrons. The lowest BCUT2D eigenvalue weighted by molar-refractivity contribution is 0.636. The van der Waals surface area contributed by atoms with Gasteiger partial charge in [-0.3, -0.25) is 4.68 Å². The smallest absolute Gasteiger partial charge is 0.149 e. The zero-order valence-electron chi connectivity index (χ0n) is 13.4. The van der Waals surface area contributed by atoms with E-state index in [4.69, 9.17) is 0 Å². The molecule has 0 atom stereocenters. The Hall–Kier alpha value is -3.28. The van der Waals surface area contributed by atoms with E-state index in [1.54, 1.807) is 12.3 Å². The van der Waals surface area contributed by atoms with Gasteiger partial charge in [-0.1, -0.05) is 30.3 Å². The summed E-state index contributed by atoms with van der Waals surface area (Å²) in [7, 11) is 0. The number of halogens is 1. The molecule has 2 aromatic heterocycles. The van der Waals surface area contributed by atoms with Crippen LogP contribution in [0.1, 0.15) is 11.1 Å². The largest absolute Gasteiger partial charge is 0.365 e. The van der Waals surface area contributed by atoms with Crippen LogP contribution in [0.2, 0.25) is 0 Å². The van der Waals surface area contributed by atoms with Gasteiger partial charge in [0, 0.05) is 24.3 Å². The Balaban J connectivity index is 1.53. The summed E-state index contributed by atoms with van der Waals surface area (Å²) >= 11 is 0. The molecular formula is C19H16FN5. The molecule has 1 N–H and O–H groups in total. The maximum Gasteiger partial charge on any atom is 0.149 e. The van der Waals surface area contributed by atoms with E-state index in [9.17, 15) is 4.39 Å². The summed E-state index contributed by atoms with van der Waals surface area (Å²) in [5.41, 5.74) is 2.61. The first kappa shape index (κ1) is 15.3. The van der Waals surface area contributed by atoms with Crippen LogP contribution >= 0.6 is 0 Å². The third-order valence-corrected chi connectivity index (χ3v) is 3.97. The number of benzene rings is 2. The molecule has 0 unspecified atom stereocenters. The number of aromatic nitrogens is 4. The number of rotatable bonds is 5. The van der Waals surface area contributed by atoms with Gasteiger partial charge >= 0.3 is 0 Å². The van der Waals surface area contributed by atoms with E-state index >= 15 is 0 Å². The number of hydrogen-bond donors (Lipinski definition) is 1. The Morgan fingerprint density at radius 2 is 1.88 bits per heavy atom. The van der Waals surface area contributed by atoms with Crippen molar-refractivity contribution in [3.63, 3.8) is 0 Å². The van der Waals surface area contributed by atoms with Gasteiger partial charge in [-0.05, 0) is 29.3 Å². The lowest BCUT2D eigenvalue weighted by atomic mass is 10.1. The Bertz CT molecular complexity index is 998. The SMILES string of the molecule is Fc1cccc2c(NCc3cccc(Cn4cccn4)c3)ncnc12. The molecule has 5 nitrogen and oxygen atoms in total. The zero-order valence-corrected chi connectivity index (χ0v) is 13.4. The quantitative estimate of drug-likeness (QED) is 0.606. The van der Waals surface area contributed by atoms with Crippen molar-refractivity contribution in [1.82, 2.24) is 19.7 Å². The van der Waals surface area contributed by atoms with Crippen LogP contribution < -0.4 is 5.32 Å². The first-order valence-electron chi connectivity index (χ1n) is 7.98. The average Bonchev–Trinajstić information content (AvgIpc) is 3.14. The van der Waals surface area contributed by atoms with E-state index in [2.05, 4.69) is 32.5 Å². The maximum absolute atomic E-state index is 13.8. The molecule has 4 aromatic rings. The van der Waals surface area contributed by atoms with Crippen LogP contribution in [0, 0.1) is 5.82 Å². The van der Waals surface area contributed by atoms with Crippen molar-refractivity contribution in [3.8, 4) is 0 Å². The lowest BCUT2D eigenvalue weighted by Gasteiger charge is -2.10. The molecule has 0 saturated carbocycles. The molecule has 0 spiro atoms. The predicted molar refractivity (Wildman–Crippen MR) is 94.6 cm³/mol. The molecule has 0 radical (unpaired) electrons. The Kier molecular flexibility index (Phi) is 4.08. The maximum atomic E-state index is 13.8. The second kappa shape index (κ2) is 6.68. The van der Waals surface area contributed by atoms with Crippen LogP contribution in [0.25, 0.3) is 10.9 Å². The van der Waals surface area contributed by atoms with Gasteiger partial charge in [-0.25, -0.2) is 14.4 Å². The van der Waals surface area contributed by atoms with E-state index < -0.39 is 0 Å². The van der Waals surface area contributed by atoms with Gasteiger partial charge in [-0.15, -0.1) is 0 Å². The van der Waals surface area contributed by atoms with Gasteiger partial charge in [-0.2, -0.15) is 5.10 Å². The number of anilines is 1. The van der Waals surface area contributed by atoms with Crippen LogP contribution in [0.3, 0.4) is 0 Å². The first-order valence-corrected chi connectivity index (χ1v) is 7.98. The van der Waals surface area contributed by atoms with Crippen molar-refractivity contribution in [1.29, 1.82) is 0 Å². The summed E-state index contributed by atoms with van der Waals surface area (Å²) in [5.74, 6) is 0.283. The lowest BCUT2D eigenvalue weighted by Crippen LogP contribution is -2.05. The fourth-order valence-corrected chi connectivity index (χ4v) is 2.80. The molecule has 0 aliphatic heterocycles. The standard InChI is InChI=1S/C19H16FN5/c20-17-7-2-6-16-18(17)22-13-23-19(16)21-11-14-4-1-5-15(10-14)12-25-9-3-8-24-25/h1-10,13H,11-12H2,(H,21,22,23). The highest BCUT2D eigenvalue weighted by molar-refractivity contribution is 5.89. The molecule has 0 saturated heterocycles. The van der Waals surface area contributed by atoms with Crippen LogP contribution in [-0.4, -0.2) is 19.7 Å². The number of nitrogens with one attached hydrogen (secondary N) is 1. The highest BCUT2D eigenvalue weighted by atomic mass is 19.1. The minimum atomic E-state index is -0.343. The van der Waals surface area contributed by atoms with E-state index in [1.165, 1.54) is 18.0 Å². The summed E-state index contributed by atoms with van der Waals surface area (Å²) < 4.78 is 15.7. The molecule has 6 heteroatoms. The highest BCUT2D eigenvalue weighted by Crippen LogP contribution is 2.21. The molecule has 2 aromatic carbocycles. The number of nitrogens with zero attached hydrogens (tertiary/aromatic N) is 4. The molecule has 4 rings (SSSR count). The molecule has 2 heterocycles. The van der Waals surface area contributed by atoms with E-state index in [0.717, 1.165) is 12.1 Å².